The molecule has 0 amide bonds. The van der Waals surface area contributed by atoms with Crippen molar-refractivity contribution in [1.82, 2.24) is 5.32 Å². The molecule has 0 saturated carbocycles. The number of hydrogen-bond acceptors (Lipinski definition) is 2. The van der Waals surface area contributed by atoms with Gasteiger partial charge in [0.25, 0.3) is 6.43 Å². The second-order valence-corrected chi connectivity index (χ2v) is 4.22. The van der Waals surface area contributed by atoms with E-state index in [2.05, 4.69) is 5.32 Å². The Labute approximate surface area is 106 Å². The lowest BCUT2D eigenvalue weighted by molar-refractivity contribution is 0.156. The number of benzene rings is 1. The summed E-state index contributed by atoms with van der Waals surface area (Å²) in [4.78, 5) is 1.39. The molecule has 0 fully saturated rings. The van der Waals surface area contributed by atoms with E-state index in [4.69, 9.17) is 0 Å². The molecule has 0 aromatic heterocycles. The molecule has 1 atom stereocenters. The lowest BCUT2D eigenvalue weighted by Gasteiger charge is -2.25. The van der Waals surface area contributed by atoms with E-state index in [1.54, 1.807) is 13.1 Å². The Hall–Kier alpha value is -1.23. The maximum Gasteiger partial charge on any atom is 0.255 e. The molecule has 0 saturated heterocycles. The van der Waals surface area contributed by atoms with Crippen LogP contribution in [0.4, 0.5) is 18.9 Å². The highest BCUT2D eigenvalue weighted by molar-refractivity contribution is 5.55. The van der Waals surface area contributed by atoms with Gasteiger partial charge in [-0.25, -0.2) is 13.2 Å². The molecule has 2 nitrogen and oxygen atoms in total. The molecule has 0 aliphatic heterocycles. The van der Waals surface area contributed by atoms with E-state index in [1.807, 2.05) is 13.8 Å². The molecule has 0 radical (unpaired) electrons. The fourth-order valence-corrected chi connectivity index (χ4v) is 2.00. The van der Waals surface area contributed by atoms with Crippen molar-refractivity contribution < 1.29 is 13.2 Å². The van der Waals surface area contributed by atoms with Gasteiger partial charge in [0.2, 0.25) is 0 Å². The monoisotopic (exact) mass is 260 g/mol. The number of rotatable bonds is 6. The van der Waals surface area contributed by atoms with Crippen LogP contribution in [0, 0.1) is 5.82 Å². The van der Waals surface area contributed by atoms with Gasteiger partial charge in [-0.2, -0.15) is 0 Å². The van der Waals surface area contributed by atoms with Crippen LogP contribution in [0.3, 0.4) is 0 Å². The number of hydrogen-bond donors (Lipinski definition) is 1. The average Bonchev–Trinajstić information content (AvgIpc) is 2.27. The van der Waals surface area contributed by atoms with Gasteiger partial charge in [0.1, 0.15) is 5.82 Å². The first-order valence-corrected chi connectivity index (χ1v) is 5.98. The van der Waals surface area contributed by atoms with Gasteiger partial charge in [-0.05, 0) is 25.6 Å². The minimum Gasteiger partial charge on any atom is -0.369 e. The minimum atomic E-state index is -2.44. The highest BCUT2D eigenvalue weighted by Crippen LogP contribution is 2.28. The summed E-state index contributed by atoms with van der Waals surface area (Å²) in [6.45, 7) is 4.02. The van der Waals surface area contributed by atoms with E-state index in [0.29, 0.717) is 17.8 Å². The molecule has 1 unspecified atom stereocenters. The van der Waals surface area contributed by atoms with E-state index in [1.165, 1.54) is 17.0 Å². The summed E-state index contributed by atoms with van der Waals surface area (Å²) >= 11 is 0. The first kappa shape index (κ1) is 14.8. The largest absolute Gasteiger partial charge is 0.369 e. The normalized spacial score (nSPS) is 12.8. The topological polar surface area (TPSA) is 15.3 Å². The molecule has 18 heavy (non-hydrogen) atoms. The van der Waals surface area contributed by atoms with E-state index < -0.39 is 13.0 Å². The minimum absolute atomic E-state index is 0.216. The molecule has 0 aliphatic carbocycles. The highest BCUT2D eigenvalue weighted by atomic mass is 19.3. The van der Waals surface area contributed by atoms with E-state index in [9.17, 15) is 13.2 Å². The zero-order valence-corrected chi connectivity index (χ0v) is 10.9. The predicted octanol–water partition coefficient (Wildman–Crippen LogP) is 3.20. The Morgan fingerprint density at radius 2 is 2.00 bits per heavy atom. The lowest BCUT2D eigenvalue weighted by Crippen LogP contribution is -2.28. The molecular weight excluding hydrogens is 241 g/mol. The zero-order chi connectivity index (χ0) is 13.7. The van der Waals surface area contributed by atoms with Crippen molar-refractivity contribution in [2.75, 3.05) is 25.0 Å². The van der Waals surface area contributed by atoms with Crippen LogP contribution >= 0.6 is 0 Å². The van der Waals surface area contributed by atoms with Gasteiger partial charge < -0.3 is 10.2 Å². The van der Waals surface area contributed by atoms with Crippen LogP contribution in [0.25, 0.3) is 0 Å². The predicted molar refractivity (Wildman–Crippen MR) is 67.8 cm³/mol. The molecule has 102 valence electrons. The van der Waals surface area contributed by atoms with E-state index in [-0.39, 0.29) is 11.9 Å². The third-order valence-electron chi connectivity index (χ3n) is 2.80. The van der Waals surface area contributed by atoms with Gasteiger partial charge in [-0.1, -0.05) is 13.0 Å². The van der Waals surface area contributed by atoms with Crippen LogP contribution in [0.15, 0.2) is 18.2 Å². The summed E-state index contributed by atoms with van der Waals surface area (Å²) in [6.07, 6.45) is -2.44. The van der Waals surface area contributed by atoms with Gasteiger partial charge in [-0.15, -0.1) is 0 Å². The number of alkyl halides is 2. The third kappa shape index (κ3) is 3.63. The molecule has 1 rings (SSSR count). The van der Waals surface area contributed by atoms with Crippen molar-refractivity contribution in [3.63, 3.8) is 0 Å². The Kier molecular flexibility index (Phi) is 5.47. The SMILES string of the molecule is CCNC(C)c1c(F)cccc1N(C)CC(F)F. The van der Waals surface area contributed by atoms with Gasteiger partial charge >= 0.3 is 0 Å². The molecule has 0 spiro atoms. The zero-order valence-electron chi connectivity index (χ0n) is 10.9. The molecular formula is C13H19F3N2. The summed E-state index contributed by atoms with van der Waals surface area (Å²) in [6, 6.07) is 4.33. The Morgan fingerprint density at radius 3 is 2.56 bits per heavy atom. The van der Waals surface area contributed by atoms with Crippen LogP contribution < -0.4 is 10.2 Å². The van der Waals surface area contributed by atoms with Crippen molar-refractivity contribution in [3.05, 3.63) is 29.6 Å². The maximum atomic E-state index is 13.9. The van der Waals surface area contributed by atoms with E-state index in [0.717, 1.165) is 0 Å². The van der Waals surface area contributed by atoms with Crippen molar-refractivity contribution in [2.45, 2.75) is 26.3 Å². The second-order valence-electron chi connectivity index (χ2n) is 4.22. The van der Waals surface area contributed by atoms with Crippen molar-refractivity contribution in [2.24, 2.45) is 0 Å². The van der Waals surface area contributed by atoms with Gasteiger partial charge in [-0.3, -0.25) is 0 Å². The summed E-state index contributed by atoms with van der Waals surface area (Å²) in [5.74, 6) is -0.373. The molecule has 0 heterocycles. The number of nitrogens with one attached hydrogen (secondary N) is 1. The van der Waals surface area contributed by atoms with Gasteiger partial charge in [0.05, 0.1) is 6.54 Å². The molecule has 0 aliphatic rings. The van der Waals surface area contributed by atoms with Crippen molar-refractivity contribution in [3.8, 4) is 0 Å². The first-order valence-electron chi connectivity index (χ1n) is 5.98. The van der Waals surface area contributed by atoms with Crippen molar-refractivity contribution >= 4 is 5.69 Å². The van der Waals surface area contributed by atoms with Gasteiger partial charge in [0.15, 0.2) is 0 Å². The van der Waals surface area contributed by atoms with Crippen LogP contribution in [0.1, 0.15) is 25.5 Å². The number of halogens is 3. The fraction of sp³-hybridized carbons (Fsp3) is 0.538. The summed E-state index contributed by atoms with van der Waals surface area (Å²) in [7, 11) is 1.54. The quantitative estimate of drug-likeness (QED) is 0.845. The summed E-state index contributed by atoms with van der Waals surface area (Å²) in [5, 5.41) is 3.10. The van der Waals surface area contributed by atoms with Crippen molar-refractivity contribution in [1.29, 1.82) is 0 Å². The number of nitrogens with zero attached hydrogens (tertiary/aromatic N) is 1. The Balaban J connectivity index is 3.06. The first-order chi connectivity index (χ1) is 8.47. The second kappa shape index (κ2) is 6.64. The van der Waals surface area contributed by atoms with Crippen LogP contribution in [0.5, 0.6) is 0 Å². The standard InChI is InChI=1S/C13H19F3N2/c1-4-17-9(2)13-10(14)6-5-7-11(13)18(3)8-12(15)16/h5-7,9,12,17H,4,8H2,1-3H3. The van der Waals surface area contributed by atoms with E-state index >= 15 is 0 Å². The fourth-order valence-electron chi connectivity index (χ4n) is 2.00. The number of anilines is 1. The molecule has 1 aromatic rings. The average molecular weight is 260 g/mol. The van der Waals surface area contributed by atoms with Crippen LogP contribution in [-0.2, 0) is 0 Å². The Bertz CT molecular complexity index is 382. The summed E-state index contributed by atoms with van der Waals surface area (Å²) < 4.78 is 38.7. The Morgan fingerprint density at radius 1 is 1.33 bits per heavy atom. The lowest BCUT2D eigenvalue weighted by atomic mass is 10.0. The summed E-state index contributed by atoms with van der Waals surface area (Å²) in [5.41, 5.74) is 0.936. The van der Waals surface area contributed by atoms with Crippen LogP contribution in [-0.4, -0.2) is 26.6 Å². The molecule has 5 heteroatoms. The smallest absolute Gasteiger partial charge is 0.255 e. The third-order valence-corrected chi connectivity index (χ3v) is 2.80. The maximum absolute atomic E-state index is 13.9. The van der Waals surface area contributed by atoms with Gasteiger partial charge in [0, 0.05) is 24.3 Å². The molecule has 1 N–H and O–H groups in total. The molecule has 1 aromatic carbocycles. The molecule has 0 bridgehead atoms. The van der Waals surface area contributed by atoms with Crippen LogP contribution in [0.2, 0.25) is 0 Å². The highest BCUT2D eigenvalue weighted by Gasteiger charge is 2.19.